The van der Waals surface area contributed by atoms with Crippen molar-refractivity contribution >= 4 is 9.84 Å². The minimum atomic E-state index is -4.63. The largest absolute Gasteiger partial charge is 0.284 e. The van der Waals surface area contributed by atoms with Gasteiger partial charge in [0.2, 0.25) is 9.84 Å². The summed E-state index contributed by atoms with van der Waals surface area (Å²) >= 11 is 0. The van der Waals surface area contributed by atoms with E-state index in [9.17, 15) is 21.6 Å². The highest BCUT2D eigenvalue weighted by Gasteiger charge is 2.36. The molecule has 0 aliphatic heterocycles. The first-order valence-electron chi connectivity index (χ1n) is 5.03. The van der Waals surface area contributed by atoms with Crippen LogP contribution in [0.5, 0.6) is 0 Å². The van der Waals surface area contributed by atoms with Crippen LogP contribution in [0.25, 0.3) is 0 Å². The first-order chi connectivity index (χ1) is 7.78. The maximum Gasteiger partial charge on any atom is 0.284 e. The van der Waals surface area contributed by atoms with Crippen molar-refractivity contribution in [2.45, 2.75) is 36.6 Å². The molecule has 0 heterocycles. The molecule has 17 heavy (non-hydrogen) atoms. The summed E-state index contributed by atoms with van der Waals surface area (Å²) < 4.78 is 60.8. The van der Waals surface area contributed by atoms with Gasteiger partial charge in [-0.05, 0) is 17.5 Å². The molecule has 0 spiro atoms. The van der Waals surface area contributed by atoms with Gasteiger partial charge in [-0.1, -0.05) is 32.0 Å². The van der Waals surface area contributed by atoms with Gasteiger partial charge in [-0.2, -0.15) is 0 Å². The number of benzene rings is 1. The Morgan fingerprint density at radius 1 is 1.06 bits per heavy atom. The SMILES string of the molecule is CC(C)c1ccccc1S(=O)(=O)C(F)C(F)F. The van der Waals surface area contributed by atoms with Crippen LogP contribution in [0.1, 0.15) is 25.3 Å². The summed E-state index contributed by atoms with van der Waals surface area (Å²) in [5.74, 6) is -0.189. The molecule has 0 N–H and O–H groups in total. The Morgan fingerprint density at radius 2 is 1.59 bits per heavy atom. The number of halogens is 3. The molecule has 0 radical (unpaired) electrons. The second kappa shape index (κ2) is 5.08. The molecule has 0 aliphatic rings. The van der Waals surface area contributed by atoms with Crippen molar-refractivity contribution in [3.05, 3.63) is 29.8 Å². The second-order valence-electron chi connectivity index (χ2n) is 3.92. The van der Waals surface area contributed by atoms with E-state index in [0.717, 1.165) is 6.07 Å². The van der Waals surface area contributed by atoms with E-state index in [2.05, 4.69) is 0 Å². The predicted octanol–water partition coefficient (Wildman–Crippen LogP) is 3.14. The summed E-state index contributed by atoms with van der Waals surface area (Å²) in [5.41, 5.74) is -2.84. The number of hydrogen-bond acceptors (Lipinski definition) is 2. The third-order valence-electron chi connectivity index (χ3n) is 2.34. The fourth-order valence-corrected chi connectivity index (χ4v) is 2.89. The zero-order valence-electron chi connectivity index (χ0n) is 9.40. The second-order valence-corrected chi connectivity index (χ2v) is 5.90. The minimum absolute atomic E-state index is 0.189. The van der Waals surface area contributed by atoms with Gasteiger partial charge in [0, 0.05) is 0 Å². The van der Waals surface area contributed by atoms with Crippen LogP contribution in [-0.4, -0.2) is 20.3 Å². The molecule has 0 aromatic heterocycles. The Kier molecular flexibility index (Phi) is 4.19. The summed E-state index contributed by atoms with van der Waals surface area (Å²) in [7, 11) is -4.63. The van der Waals surface area contributed by atoms with Crippen molar-refractivity contribution in [1.29, 1.82) is 0 Å². The van der Waals surface area contributed by atoms with E-state index < -0.39 is 21.8 Å². The lowest BCUT2D eigenvalue weighted by molar-refractivity contribution is 0.0902. The molecule has 1 aromatic rings. The highest BCUT2D eigenvalue weighted by atomic mass is 32.2. The van der Waals surface area contributed by atoms with E-state index >= 15 is 0 Å². The molecule has 2 nitrogen and oxygen atoms in total. The monoisotopic (exact) mass is 266 g/mol. The smallest absolute Gasteiger partial charge is 0.223 e. The lowest BCUT2D eigenvalue weighted by Gasteiger charge is -2.15. The van der Waals surface area contributed by atoms with Crippen LogP contribution in [0.2, 0.25) is 0 Å². The predicted molar refractivity (Wildman–Crippen MR) is 58.6 cm³/mol. The average molecular weight is 266 g/mol. The fourth-order valence-electron chi connectivity index (χ4n) is 1.47. The number of hydrogen-bond donors (Lipinski definition) is 0. The molecule has 0 bridgehead atoms. The number of alkyl halides is 3. The Balaban J connectivity index is 3.34. The van der Waals surface area contributed by atoms with Gasteiger partial charge in [-0.15, -0.1) is 0 Å². The van der Waals surface area contributed by atoms with Crippen LogP contribution in [0.3, 0.4) is 0 Å². The van der Waals surface area contributed by atoms with E-state index in [1.165, 1.54) is 12.1 Å². The molecule has 0 saturated carbocycles. The third-order valence-corrected chi connectivity index (χ3v) is 4.13. The minimum Gasteiger partial charge on any atom is -0.223 e. The Hall–Kier alpha value is -1.04. The molecular weight excluding hydrogens is 253 g/mol. The van der Waals surface area contributed by atoms with Gasteiger partial charge in [0.05, 0.1) is 4.90 Å². The van der Waals surface area contributed by atoms with Crippen molar-refractivity contribution in [2.24, 2.45) is 0 Å². The Bertz CT molecular complexity index is 483. The topological polar surface area (TPSA) is 34.1 Å². The van der Waals surface area contributed by atoms with Crippen molar-refractivity contribution in [1.82, 2.24) is 0 Å². The van der Waals surface area contributed by atoms with Crippen LogP contribution in [0.4, 0.5) is 13.2 Å². The summed E-state index contributed by atoms with van der Waals surface area (Å²) in [5, 5.41) is 0. The average Bonchev–Trinajstić information content (AvgIpc) is 2.27. The molecule has 96 valence electrons. The zero-order valence-corrected chi connectivity index (χ0v) is 10.2. The van der Waals surface area contributed by atoms with Crippen LogP contribution >= 0.6 is 0 Å². The van der Waals surface area contributed by atoms with E-state index in [4.69, 9.17) is 0 Å². The highest BCUT2D eigenvalue weighted by molar-refractivity contribution is 7.92. The van der Waals surface area contributed by atoms with Gasteiger partial charge in [-0.3, -0.25) is 0 Å². The molecule has 1 rings (SSSR count). The summed E-state index contributed by atoms with van der Waals surface area (Å²) in [6.07, 6.45) is -3.54. The van der Waals surface area contributed by atoms with Crippen LogP contribution < -0.4 is 0 Å². The maximum absolute atomic E-state index is 13.1. The molecule has 0 saturated heterocycles. The van der Waals surface area contributed by atoms with Crippen LogP contribution in [0, 0.1) is 0 Å². The molecular formula is C11H13F3O2S. The molecule has 1 unspecified atom stereocenters. The molecule has 0 fully saturated rings. The van der Waals surface area contributed by atoms with Crippen LogP contribution in [-0.2, 0) is 9.84 Å². The standard InChI is InChI=1S/C11H13F3O2S/c1-7(2)8-5-3-4-6-9(8)17(15,16)11(14)10(12)13/h3-7,10-11H,1-2H3. The quantitative estimate of drug-likeness (QED) is 0.839. The fraction of sp³-hybridized carbons (Fsp3) is 0.455. The maximum atomic E-state index is 13.1. The highest BCUT2D eigenvalue weighted by Crippen LogP contribution is 2.28. The van der Waals surface area contributed by atoms with Crippen molar-refractivity contribution < 1.29 is 21.6 Å². The van der Waals surface area contributed by atoms with Gasteiger partial charge in [0.15, 0.2) is 0 Å². The number of rotatable bonds is 4. The van der Waals surface area contributed by atoms with Crippen LogP contribution in [0.15, 0.2) is 29.2 Å². The normalized spacial score (nSPS) is 14.3. The first kappa shape index (κ1) is 14.0. The van der Waals surface area contributed by atoms with Crippen molar-refractivity contribution in [3.63, 3.8) is 0 Å². The molecule has 0 aliphatic carbocycles. The van der Waals surface area contributed by atoms with Gasteiger partial charge < -0.3 is 0 Å². The zero-order chi connectivity index (χ0) is 13.2. The van der Waals surface area contributed by atoms with E-state index in [0.29, 0.717) is 5.56 Å². The van der Waals surface area contributed by atoms with Crippen molar-refractivity contribution in [2.75, 3.05) is 0 Å². The Labute approximate surface area is 98.4 Å². The Morgan fingerprint density at radius 3 is 2.06 bits per heavy atom. The van der Waals surface area contributed by atoms with Gasteiger partial charge in [-0.25, -0.2) is 21.6 Å². The van der Waals surface area contributed by atoms with Crippen molar-refractivity contribution in [3.8, 4) is 0 Å². The van der Waals surface area contributed by atoms with E-state index in [1.807, 2.05) is 0 Å². The summed E-state index contributed by atoms with van der Waals surface area (Å²) in [4.78, 5) is -0.359. The van der Waals surface area contributed by atoms with Gasteiger partial charge >= 0.3 is 0 Å². The molecule has 0 amide bonds. The third kappa shape index (κ3) is 2.80. The molecule has 1 aromatic carbocycles. The summed E-state index contributed by atoms with van der Waals surface area (Å²) in [6.45, 7) is 3.42. The molecule has 1 atom stereocenters. The van der Waals surface area contributed by atoms with Gasteiger partial charge in [0.1, 0.15) is 0 Å². The lowest BCUT2D eigenvalue weighted by Crippen LogP contribution is -2.25. The van der Waals surface area contributed by atoms with Gasteiger partial charge in [0.25, 0.3) is 11.9 Å². The lowest BCUT2D eigenvalue weighted by atomic mass is 10.0. The summed E-state index contributed by atoms with van der Waals surface area (Å²) in [6, 6.07) is 5.62. The van der Waals surface area contributed by atoms with E-state index in [-0.39, 0.29) is 10.8 Å². The van der Waals surface area contributed by atoms with E-state index in [1.54, 1.807) is 19.9 Å². The molecule has 6 heteroatoms. The first-order valence-corrected chi connectivity index (χ1v) is 6.58. The number of sulfone groups is 1.